The van der Waals surface area contributed by atoms with E-state index in [0.29, 0.717) is 43.1 Å². The third-order valence-electron chi connectivity index (χ3n) is 5.98. The van der Waals surface area contributed by atoms with Gasteiger partial charge in [0.05, 0.1) is 24.2 Å². The average Bonchev–Trinajstić information content (AvgIpc) is 3.05. The number of ether oxygens (including phenoxy) is 2. The van der Waals surface area contributed by atoms with Crippen molar-refractivity contribution in [2.75, 3.05) is 26.3 Å². The Morgan fingerprint density at radius 3 is 2.42 bits per heavy atom. The highest BCUT2D eigenvalue weighted by atomic mass is 32.2. The highest BCUT2D eigenvalue weighted by Gasteiger charge is 2.33. The third kappa shape index (κ3) is 5.11. The number of sulfonamides is 1. The summed E-state index contributed by atoms with van der Waals surface area (Å²) in [5, 5.41) is 2.81. The van der Waals surface area contributed by atoms with E-state index in [4.69, 9.17) is 9.47 Å². The number of carbonyl (C=O) groups is 1. The van der Waals surface area contributed by atoms with Crippen LogP contribution in [0.2, 0.25) is 0 Å². The zero-order valence-electron chi connectivity index (χ0n) is 18.2. The van der Waals surface area contributed by atoms with Gasteiger partial charge >= 0.3 is 0 Å². The molecule has 7 nitrogen and oxygen atoms in total. The molecule has 33 heavy (non-hydrogen) atoms. The molecule has 4 rings (SSSR count). The van der Waals surface area contributed by atoms with E-state index in [0.717, 1.165) is 18.6 Å². The summed E-state index contributed by atoms with van der Waals surface area (Å²) >= 11 is 0. The van der Waals surface area contributed by atoms with Crippen molar-refractivity contribution in [1.82, 2.24) is 9.62 Å². The molecule has 2 aromatic carbocycles. The van der Waals surface area contributed by atoms with E-state index in [1.54, 1.807) is 13.0 Å². The Morgan fingerprint density at radius 1 is 1.03 bits per heavy atom. The second-order valence-corrected chi connectivity index (χ2v) is 10.2. The molecule has 0 spiro atoms. The lowest BCUT2D eigenvalue weighted by Gasteiger charge is -2.31. The lowest BCUT2D eigenvalue weighted by Crippen LogP contribution is -2.43. The van der Waals surface area contributed by atoms with Crippen molar-refractivity contribution in [1.29, 1.82) is 0 Å². The average molecular weight is 481 g/mol. The zero-order valence-corrected chi connectivity index (χ0v) is 19.0. The normalized spacial score (nSPS) is 18.4. The van der Waals surface area contributed by atoms with Gasteiger partial charge < -0.3 is 14.8 Å². The smallest absolute Gasteiger partial charge is 0.243 e. The first-order valence-electron chi connectivity index (χ1n) is 10.9. The Bertz CT molecular complexity index is 1130. The SMILES string of the molecule is C[C@H](NC(=O)C1CCN(S(=O)(=O)c2ccc3c(c2)OCCCO3)CC1)c1ccc(F)c(F)c1. The number of benzene rings is 2. The summed E-state index contributed by atoms with van der Waals surface area (Å²) < 4.78 is 65.4. The number of nitrogens with zero attached hydrogens (tertiary/aromatic N) is 1. The van der Waals surface area contributed by atoms with Gasteiger partial charge in [-0.05, 0) is 49.6 Å². The second-order valence-electron chi connectivity index (χ2n) is 8.24. The quantitative estimate of drug-likeness (QED) is 0.709. The number of hydrogen-bond acceptors (Lipinski definition) is 5. The number of halogens is 2. The van der Waals surface area contributed by atoms with Crippen LogP contribution in [-0.2, 0) is 14.8 Å². The molecule has 2 heterocycles. The van der Waals surface area contributed by atoms with Crippen LogP contribution in [0.4, 0.5) is 8.78 Å². The minimum Gasteiger partial charge on any atom is -0.490 e. The van der Waals surface area contributed by atoms with Crippen LogP contribution in [0.1, 0.15) is 37.8 Å². The van der Waals surface area contributed by atoms with Crippen LogP contribution < -0.4 is 14.8 Å². The monoisotopic (exact) mass is 480 g/mol. The first kappa shape index (κ1) is 23.4. The van der Waals surface area contributed by atoms with Crippen LogP contribution in [0.25, 0.3) is 0 Å². The summed E-state index contributed by atoms with van der Waals surface area (Å²) in [6.07, 6.45) is 1.45. The summed E-state index contributed by atoms with van der Waals surface area (Å²) in [6, 6.07) is 7.60. The standard InChI is InChI=1S/C23H26F2N2O5S/c1-15(17-3-5-19(24)20(25)13-17)26-23(28)16-7-9-27(10-8-16)33(29,30)18-4-6-21-22(14-18)32-12-2-11-31-21/h3-6,13-16H,2,7-12H2,1H3,(H,26,28)/t15-/m0/s1. The molecule has 0 saturated carbocycles. The number of amides is 1. The molecular weight excluding hydrogens is 454 g/mol. The molecular formula is C23H26F2N2O5S. The van der Waals surface area contributed by atoms with Gasteiger partial charge in [-0.1, -0.05) is 6.07 Å². The molecule has 0 radical (unpaired) electrons. The van der Waals surface area contributed by atoms with Gasteiger partial charge in [0, 0.05) is 31.5 Å². The largest absolute Gasteiger partial charge is 0.490 e. The maximum absolute atomic E-state index is 13.5. The van der Waals surface area contributed by atoms with E-state index in [9.17, 15) is 22.0 Å². The zero-order chi connectivity index (χ0) is 23.6. The molecule has 1 amide bonds. The van der Waals surface area contributed by atoms with Crippen LogP contribution in [0.3, 0.4) is 0 Å². The molecule has 1 N–H and O–H groups in total. The molecule has 2 aromatic rings. The maximum Gasteiger partial charge on any atom is 0.243 e. The number of fused-ring (bicyclic) bond motifs is 1. The predicted octanol–water partition coefficient (Wildman–Crippen LogP) is 3.40. The van der Waals surface area contributed by atoms with Crippen molar-refractivity contribution in [2.24, 2.45) is 5.92 Å². The summed E-state index contributed by atoms with van der Waals surface area (Å²) in [7, 11) is -3.74. The van der Waals surface area contributed by atoms with Gasteiger partial charge in [-0.15, -0.1) is 0 Å². The van der Waals surface area contributed by atoms with Gasteiger partial charge in [-0.2, -0.15) is 4.31 Å². The Hall–Kier alpha value is -2.72. The summed E-state index contributed by atoms with van der Waals surface area (Å²) in [5.41, 5.74) is 0.455. The van der Waals surface area contributed by atoms with Crippen molar-refractivity contribution >= 4 is 15.9 Å². The minimum absolute atomic E-state index is 0.126. The molecule has 178 valence electrons. The van der Waals surface area contributed by atoms with E-state index in [-0.39, 0.29) is 29.8 Å². The molecule has 0 aliphatic carbocycles. The number of nitrogens with one attached hydrogen (secondary N) is 1. The highest BCUT2D eigenvalue weighted by molar-refractivity contribution is 7.89. The van der Waals surface area contributed by atoms with E-state index in [1.165, 1.54) is 22.5 Å². The molecule has 1 fully saturated rings. The number of carbonyl (C=O) groups excluding carboxylic acids is 1. The molecule has 0 unspecified atom stereocenters. The van der Waals surface area contributed by atoms with E-state index >= 15 is 0 Å². The molecule has 2 aliphatic heterocycles. The minimum atomic E-state index is -3.74. The number of piperidine rings is 1. The Labute approximate surface area is 191 Å². The van der Waals surface area contributed by atoms with E-state index in [1.807, 2.05) is 0 Å². The predicted molar refractivity (Wildman–Crippen MR) is 116 cm³/mol. The second kappa shape index (κ2) is 9.64. The van der Waals surface area contributed by atoms with Crippen molar-refractivity contribution in [2.45, 2.75) is 37.1 Å². The van der Waals surface area contributed by atoms with Crippen molar-refractivity contribution in [3.05, 3.63) is 53.6 Å². The van der Waals surface area contributed by atoms with Crippen LogP contribution in [0.15, 0.2) is 41.3 Å². The maximum atomic E-state index is 13.5. The van der Waals surface area contributed by atoms with Gasteiger partial charge in [-0.25, -0.2) is 17.2 Å². The summed E-state index contributed by atoms with van der Waals surface area (Å²) in [6.45, 7) is 3.07. The molecule has 0 aromatic heterocycles. The highest BCUT2D eigenvalue weighted by Crippen LogP contribution is 2.34. The fraction of sp³-hybridized carbons (Fsp3) is 0.435. The van der Waals surface area contributed by atoms with Crippen molar-refractivity contribution < 1.29 is 31.5 Å². The van der Waals surface area contributed by atoms with Crippen LogP contribution in [0, 0.1) is 17.6 Å². The fourth-order valence-corrected chi connectivity index (χ4v) is 5.49. The van der Waals surface area contributed by atoms with E-state index < -0.39 is 27.7 Å². The van der Waals surface area contributed by atoms with Gasteiger partial charge in [0.25, 0.3) is 0 Å². The Kier molecular flexibility index (Phi) is 6.85. The third-order valence-corrected chi connectivity index (χ3v) is 7.88. The number of rotatable bonds is 5. The van der Waals surface area contributed by atoms with E-state index in [2.05, 4.69) is 5.32 Å². The van der Waals surface area contributed by atoms with Gasteiger partial charge in [0.15, 0.2) is 23.1 Å². The summed E-state index contributed by atoms with van der Waals surface area (Å²) in [5.74, 6) is -1.58. The molecule has 1 saturated heterocycles. The fourth-order valence-electron chi connectivity index (χ4n) is 4.01. The van der Waals surface area contributed by atoms with Crippen LogP contribution >= 0.6 is 0 Å². The summed E-state index contributed by atoms with van der Waals surface area (Å²) in [4.78, 5) is 12.8. The van der Waals surface area contributed by atoms with Gasteiger partial charge in [0.1, 0.15) is 0 Å². The number of hydrogen-bond donors (Lipinski definition) is 1. The molecule has 10 heteroatoms. The first-order valence-corrected chi connectivity index (χ1v) is 12.3. The topological polar surface area (TPSA) is 84.9 Å². The lowest BCUT2D eigenvalue weighted by molar-refractivity contribution is -0.126. The van der Waals surface area contributed by atoms with Crippen LogP contribution in [0.5, 0.6) is 11.5 Å². The Balaban J connectivity index is 1.37. The van der Waals surface area contributed by atoms with Crippen molar-refractivity contribution in [3.8, 4) is 11.5 Å². The molecule has 1 atom stereocenters. The Morgan fingerprint density at radius 2 is 1.73 bits per heavy atom. The lowest BCUT2D eigenvalue weighted by atomic mass is 9.96. The first-order chi connectivity index (χ1) is 15.8. The molecule has 0 bridgehead atoms. The van der Waals surface area contributed by atoms with Gasteiger partial charge in [-0.3, -0.25) is 4.79 Å². The van der Waals surface area contributed by atoms with Crippen LogP contribution in [-0.4, -0.2) is 44.9 Å². The van der Waals surface area contributed by atoms with Crippen molar-refractivity contribution in [3.63, 3.8) is 0 Å². The van der Waals surface area contributed by atoms with Gasteiger partial charge in [0.2, 0.25) is 15.9 Å². The molecule has 2 aliphatic rings.